The fourth-order valence-electron chi connectivity index (χ4n) is 3.37. The van der Waals surface area contributed by atoms with Crippen molar-refractivity contribution in [2.24, 2.45) is 5.92 Å². The lowest BCUT2D eigenvalue weighted by molar-refractivity contribution is 0.0720. The normalized spacial score (nSPS) is 28.6. The molecule has 3 saturated heterocycles. The highest BCUT2D eigenvalue weighted by molar-refractivity contribution is 5.27. The average Bonchev–Trinajstić information content (AvgIpc) is 2.53. The Morgan fingerprint density at radius 1 is 1.20 bits per heavy atom. The Kier molecular flexibility index (Phi) is 4.58. The molecule has 0 aliphatic carbocycles. The van der Waals surface area contributed by atoms with Gasteiger partial charge in [0, 0.05) is 19.1 Å². The van der Waals surface area contributed by atoms with Gasteiger partial charge in [-0.2, -0.15) is 0 Å². The van der Waals surface area contributed by atoms with E-state index in [1.54, 1.807) is 0 Å². The molecule has 2 bridgehead atoms. The number of hydrogen-bond acceptors (Lipinski definition) is 3. The summed E-state index contributed by atoms with van der Waals surface area (Å²) in [5, 5.41) is 3.75. The monoisotopic (exact) mass is 274 g/mol. The summed E-state index contributed by atoms with van der Waals surface area (Å²) in [5.41, 5.74) is 1.35. The Balaban J connectivity index is 1.48. The van der Waals surface area contributed by atoms with E-state index in [-0.39, 0.29) is 0 Å². The van der Waals surface area contributed by atoms with E-state index in [2.05, 4.69) is 41.4 Å². The number of hydrogen-bond donors (Lipinski definition) is 1. The average molecular weight is 274 g/mol. The van der Waals surface area contributed by atoms with Crippen LogP contribution in [-0.2, 0) is 6.54 Å². The lowest BCUT2D eigenvalue weighted by atomic mass is 9.84. The predicted molar refractivity (Wildman–Crippen MR) is 82.0 cm³/mol. The van der Waals surface area contributed by atoms with Crippen molar-refractivity contribution in [1.82, 2.24) is 10.2 Å². The smallest absolute Gasteiger partial charge is 0.119 e. The molecule has 20 heavy (non-hydrogen) atoms. The van der Waals surface area contributed by atoms with Crippen molar-refractivity contribution < 1.29 is 4.74 Å². The minimum absolute atomic E-state index is 0.688. The Morgan fingerprint density at radius 3 is 2.55 bits per heavy atom. The van der Waals surface area contributed by atoms with Gasteiger partial charge in [0.05, 0.1) is 6.61 Å². The molecule has 1 unspecified atom stereocenters. The topological polar surface area (TPSA) is 24.5 Å². The first kappa shape index (κ1) is 13.9. The fraction of sp³-hybridized carbons (Fsp3) is 0.647. The largest absolute Gasteiger partial charge is 0.494 e. The van der Waals surface area contributed by atoms with Gasteiger partial charge in [-0.3, -0.25) is 0 Å². The van der Waals surface area contributed by atoms with Gasteiger partial charge in [-0.25, -0.2) is 0 Å². The highest BCUT2D eigenvalue weighted by Gasteiger charge is 2.33. The molecule has 0 spiro atoms. The molecule has 1 aromatic rings. The molecule has 3 nitrogen and oxygen atoms in total. The minimum atomic E-state index is 0.688. The summed E-state index contributed by atoms with van der Waals surface area (Å²) in [6.07, 6.45) is 3.81. The molecule has 3 aliphatic heterocycles. The van der Waals surface area contributed by atoms with Gasteiger partial charge in [0.25, 0.3) is 0 Å². The van der Waals surface area contributed by atoms with Crippen molar-refractivity contribution in [3.05, 3.63) is 29.8 Å². The molecular weight excluding hydrogens is 248 g/mol. The first-order valence-corrected chi connectivity index (χ1v) is 8.02. The second kappa shape index (κ2) is 6.59. The standard InChI is InChI=1S/C17H26N2O/c1-2-11-20-16-5-3-14(4-6-16)12-18-17-13-19-9-7-15(17)8-10-19/h3-6,15,17-18H,2,7-13H2,1H3. The molecule has 0 radical (unpaired) electrons. The van der Waals surface area contributed by atoms with Gasteiger partial charge in [-0.1, -0.05) is 19.1 Å². The van der Waals surface area contributed by atoms with Crippen LogP contribution >= 0.6 is 0 Å². The van der Waals surface area contributed by atoms with E-state index in [9.17, 15) is 0 Å². The third-order valence-corrected chi connectivity index (χ3v) is 4.62. The zero-order chi connectivity index (χ0) is 13.8. The quantitative estimate of drug-likeness (QED) is 0.863. The number of fused-ring (bicyclic) bond motifs is 3. The molecule has 110 valence electrons. The molecule has 3 aliphatic rings. The van der Waals surface area contributed by atoms with Crippen LogP contribution in [0.25, 0.3) is 0 Å². The van der Waals surface area contributed by atoms with Crippen LogP contribution in [0.4, 0.5) is 0 Å². The lowest BCUT2D eigenvalue weighted by Gasteiger charge is -2.45. The third-order valence-electron chi connectivity index (χ3n) is 4.62. The van der Waals surface area contributed by atoms with Gasteiger partial charge >= 0.3 is 0 Å². The van der Waals surface area contributed by atoms with Gasteiger partial charge in [0.15, 0.2) is 0 Å². The molecule has 0 amide bonds. The van der Waals surface area contributed by atoms with E-state index in [1.165, 1.54) is 38.0 Å². The zero-order valence-corrected chi connectivity index (χ0v) is 12.5. The highest BCUT2D eigenvalue weighted by atomic mass is 16.5. The summed E-state index contributed by atoms with van der Waals surface area (Å²) in [6.45, 7) is 7.77. The van der Waals surface area contributed by atoms with Crippen LogP contribution in [0.2, 0.25) is 0 Å². The zero-order valence-electron chi connectivity index (χ0n) is 12.5. The van der Waals surface area contributed by atoms with Crippen molar-refractivity contribution in [3.63, 3.8) is 0 Å². The molecule has 3 fully saturated rings. The van der Waals surface area contributed by atoms with Gasteiger partial charge in [0.2, 0.25) is 0 Å². The Hall–Kier alpha value is -1.06. The molecule has 0 saturated carbocycles. The second-order valence-corrected chi connectivity index (χ2v) is 6.12. The van der Waals surface area contributed by atoms with Crippen molar-refractivity contribution in [1.29, 1.82) is 0 Å². The van der Waals surface area contributed by atoms with Crippen LogP contribution < -0.4 is 10.1 Å². The summed E-state index contributed by atoms with van der Waals surface area (Å²) in [4.78, 5) is 2.60. The number of nitrogens with zero attached hydrogens (tertiary/aromatic N) is 1. The van der Waals surface area contributed by atoms with E-state index < -0.39 is 0 Å². The first-order valence-electron chi connectivity index (χ1n) is 8.02. The number of ether oxygens (including phenoxy) is 1. The number of piperidine rings is 3. The van der Waals surface area contributed by atoms with Crippen LogP contribution in [0.5, 0.6) is 5.75 Å². The Morgan fingerprint density at radius 2 is 1.95 bits per heavy atom. The molecule has 1 N–H and O–H groups in total. The lowest BCUT2D eigenvalue weighted by Crippen LogP contribution is -2.55. The number of nitrogens with one attached hydrogen (secondary N) is 1. The summed E-state index contributed by atoms with van der Waals surface area (Å²) in [5.74, 6) is 1.88. The van der Waals surface area contributed by atoms with Gasteiger partial charge in [-0.15, -0.1) is 0 Å². The Labute approximate surface area is 122 Å². The van der Waals surface area contributed by atoms with Crippen molar-refractivity contribution in [3.8, 4) is 5.75 Å². The van der Waals surface area contributed by atoms with E-state index in [0.29, 0.717) is 6.04 Å². The maximum atomic E-state index is 5.62. The van der Waals surface area contributed by atoms with Gasteiger partial charge in [-0.05, 0) is 56.0 Å². The first-order chi connectivity index (χ1) is 9.85. The van der Waals surface area contributed by atoms with E-state index in [0.717, 1.165) is 31.2 Å². The van der Waals surface area contributed by atoms with Crippen LogP contribution in [0.1, 0.15) is 31.7 Å². The minimum Gasteiger partial charge on any atom is -0.494 e. The van der Waals surface area contributed by atoms with E-state index >= 15 is 0 Å². The molecule has 1 aromatic carbocycles. The highest BCUT2D eigenvalue weighted by Crippen LogP contribution is 2.27. The molecular formula is C17H26N2O. The molecule has 0 aromatic heterocycles. The summed E-state index contributed by atoms with van der Waals surface area (Å²) in [6, 6.07) is 9.22. The number of rotatable bonds is 6. The third kappa shape index (κ3) is 3.33. The fourth-order valence-corrected chi connectivity index (χ4v) is 3.37. The van der Waals surface area contributed by atoms with Gasteiger partial charge < -0.3 is 15.0 Å². The van der Waals surface area contributed by atoms with Crippen LogP contribution in [0.15, 0.2) is 24.3 Å². The molecule has 3 heterocycles. The van der Waals surface area contributed by atoms with Crippen molar-refractivity contribution >= 4 is 0 Å². The summed E-state index contributed by atoms with van der Waals surface area (Å²) in [7, 11) is 0. The van der Waals surface area contributed by atoms with Crippen molar-refractivity contribution in [2.75, 3.05) is 26.2 Å². The molecule has 3 heteroatoms. The van der Waals surface area contributed by atoms with Crippen LogP contribution in [0, 0.1) is 5.92 Å². The number of benzene rings is 1. The summed E-state index contributed by atoms with van der Waals surface area (Å²) < 4.78 is 5.62. The predicted octanol–water partition coefficient (Wildman–Crippen LogP) is 2.66. The van der Waals surface area contributed by atoms with Crippen molar-refractivity contribution in [2.45, 2.75) is 38.8 Å². The Bertz CT molecular complexity index is 410. The van der Waals surface area contributed by atoms with Crippen LogP contribution in [0.3, 0.4) is 0 Å². The van der Waals surface area contributed by atoms with Crippen LogP contribution in [-0.4, -0.2) is 37.2 Å². The van der Waals surface area contributed by atoms with E-state index in [1.807, 2.05) is 0 Å². The van der Waals surface area contributed by atoms with Gasteiger partial charge in [0.1, 0.15) is 5.75 Å². The van der Waals surface area contributed by atoms with E-state index in [4.69, 9.17) is 4.74 Å². The SMILES string of the molecule is CCCOc1ccc(CNC2CN3CCC2CC3)cc1. The maximum absolute atomic E-state index is 5.62. The second-order valence-electron chi connectivity index (χ2n) is 6.12. The maximum Gasteiger partial charge on any atom is 0.119 e. The summed E-state index contributed by atoms with van der Waals surface area (Å²) >= 11 is 0. The molecule has 4 rings (SSSR count). The molecule has 1 atom stereocenters.